The number of H-pyrrole nitrogens is 1. The van der Waals surface area contributed by atoms with Gasteiger partial charge < -0.3 is 15.0 Å². The molecule has 0 unspecified atom stereocenters. The van der Waals surface area contributed by atoms with E-state index in [2.05, 4.69) is 32.3 Å². The van der Waals surface area contributed by atoms with Crippen molar-refractivity contribution in [1.82, 2.24) is 4.98 Å². The summed E-state index contributed by atoms with van der Waals surface area (Å²) >= 11 is 4.68. The predicted octanol–water partition coefficient (Wildman–Crippen LogP) is 3.77. The highest BCUT2D eigenvalue weighted by Crippen LogP contribution is 2.36. The van der Waals surface area contributed by atoms with E-state index < -0.39 is 18.5 Å². The first-order valence-electron chi connectivity index (χ1n) is 7.94. The van der Waals surface area contributed by atoms with E-state index in [1.165, 1.54) is 22.6 Å². The van der Waals surface area contributed by atoms with Crippen molar-refractivity contribution >= 4 is 44.1 Å². The van der Waals surface area contributed by atoms with Crippen LogP contribution >= 0.6 is 27.3 Å². The van der Waals surface area contributed by atoms with Gasteiger partial charge in [0, 0.05) is 15.5 Å². The number of nitrogens with one attached hydrogen (secondary N) is 2. The smallest absolute Gasteiger partial charge is 0.355 e. The second-order valence-corrected chi connectivity index (χ2v) is 7.76. The second-order valence-electron chi connectivity index (χ2n) is 5.74. The fourth-order valence-electron chi connectivity index (χ4n) is 2.81. The summed E-state index contributed by atoms with van der Waals surface area (Å²) in [4.78, 5) is 27.8. The van der Waals surface area contributed by atoms with E-state index in [1.807, 2.05) is 0 Å². The number of thiophene rings is 1. The zero-order valence-electron chi connectivity index (χ0n) is 13.4. The summed E-state index contributed by atoms with van der Waals surface area (Å²) in [6, 6.07) is 3.78. The minimum Gasteiger partial charge on any atom is -0.451 e. The number of hydrogen-bond donors (Lipinski definition) is 2. The van der Waals surface area contributed by atoms with Gasteiger partial charge in [0.05, 0.1) is 5.56 Å². The minimum atomic E-state index is -0.608. The Morgan fingerprint density at radius 1 is 1.36 bits per heavy atom. The number of hydrogen-bond acceptors (Lipinski definition) is 5. The summed E-state index contributed by atoms with van der Waals surface area (Å²) in [5.74, 6) is -1.06. The Morgan fingerprint density at radius 2 is 2.16 bits per heavy atom. The number of fused-ring (bicyclic) bond motifs is 1. The van der Waals surface area contributed by atoms with Crippen LogP contribution in [0.15, 0.2) is 16.7 Å². The molecule has 0 fully saturated rings. The molecule has 0 radical (unpaired) electrons. The van der Waals surface area contributed by atoms with E-state index in [-0.39, 0.29) is 5.69 Å². The number of nitrogens with zero attached hydrogens (tertiary/aromatic N) is 1. The number of aryl methyl sites for hydroxylation is 1. The third-order valence-electron chi connectivity index (χ3n) is 3.99. The quantitative estimate of drug-likeness (QED) is 0.579. The van der Waals surface area contributed by atoms with Crippen LogP contribution in [0.2, 0.25) is 0 Å². The van der Waals surface area contributed by atoms with Crippen molar-refractivity contribution in [2.75, 3.05) is 11.9 Å². The molecule has 1 aliphatic rings. The maximum atomic E-state index is 12.1. The number of aromatic nitrogens is 1. The monoisotopic (exact) mass is 421 g/mol. The zero-order chi connectivity index (χ0) is 17.8. The summed E-state index contributed by atoms with van der Waals surface area (Å²) in [5, 5.41) is 12.7. The van der Waals surface area contributed by atoms with Crippen molar-refractivity contribution < 1.29 is 14.3 Å². The zero-order valence-corrected chi connectivity index (χ0v) is 15.8. The molecule has 0 atom stereocenters. The predicted molar refractivity (Wildman–Crippen MR) is 97.7 cm³/mol. The molecule has 3 rings (SSSR count). The number of aromatic amines is 1. The normalized spacial score (nSPS) is 13.4. The summed E-state index contributed by atoms with van der Waals surface area (Å²) < 4.78 is 5.71. The van der Waals surface area contributed by atoms with Gasteiger partial charge in [-0.25, -0.2) is 4.79 Å². The third-order valence-corrected chi connectivity index (χ3v) is 5.65. The highest BCUT2D eigenvalue weighted by molar-refractivity contribution is 9.10. The SMILES string of the molecule is N#Cc1c(NC(=O)COC(=O)c2cc(Br)c[nH]2)sc2c1CCCCC2. The van der Waals surface area contributed by atoms with Gasteiger partial charge in [0.15, 0.2) is 6.61 Å². The second kappa shape index (κ2) is 7.85. The van der Waals surface area contributed by atoms with E-state index in [0.29, 0.717) is 10.6 Å². The van der Waals surface area contributed by atoms with Crippen LogP contribution < -0.4 is 5.32 Å². The van der Waals surface area contributed by atoms with Gasteiger partial charge in [0.2, 0.25) is 0 Å². The third kappa shape index (κ3) is 4.11. The van der Waals surface area contributed by atoms with Crippen molar-refractivity contribution in [2.24, 2.45) is 0 Å². The fourth-order valence-corrected chi connectivity index (χ4v) is 4.41. The topological polar surface area (TPSA) is 95.0 Å². The Kier molecular flexibility index (Phi) is 5.56. The molecule has 1 aliphatic carbocycles. The lowest BCUT2D eigenvalue weighted by Crippen LogP contribution is -2.21. The van der Waals surface area contributed by atoms with E-state index in [1.54, 1.807) is 12.3 Å². The molecule has 2 aromatic rings. The number of rotatable bonds is 4. The first-order chi connectivity index (χ1) is 12.1. The van der Waals surface area contributed by atoms with Crippen LogP contribution in [0.5, 0.6) is 0 Å². The summed E-state index contributed by atoms with van der Waals surface area (Å²) in [6.07, 6.45) is 6.76. The molecule has 6 nitrogen and oxygen atoms in total. The highest BCUT2D eigenvalue weighted by atomic mass is 79.9. The molecule has 0 bridgehead atoms. The molecule has 0 saturated carbocycles. The number of halogens is 1. The van der Waals surface area contributed by atoms with Gasteiger partial charge >= 0.3 is 5.97 Å². The molecular weight excluding hydrogens is 406 g/mol. The van der Waals surface area contributed by atoms with Crippen LogP contribution in [0.3, 0.4) is 0 Å². The number of amides is 1. The highest BCUT2D eigenvalue weighted by Gasteiger charge is 2.21. The van der Waals surface area contributed by atoms with Gasteiger partial charge in [-0.2, -0.15) is 5.26 Å². The van der Waals surface area contributed by atoms with Gasteiger partial charge in [0.1, 0.15) is 16.8 Å². The van der Waals surface area contributed by atoms with Crippen LogP contribution in [0.25, 0.3) is 0 Å². The molecule has 2 N–H and O–H groups in total. The molecule has 2 heterocycles. The standard InChI is InChI=1S/C17H16BrN3O3S/c18-10-6-13(20-8-10)17(23)24-9-15(22)21-16-12(7-19)11-4-2-1-3-5-14(11)25-16/h6,8,20H,1-5,9H2,(H,21,22). The molecule has 130 valence electrons. The number of nitriles is 1. The maximum Gasteiger partial charge on any atom is 0.355 e. The summed E-state index contributed by atoms with van der Waals surface area (Å²) in [7, 11) is 0. The Bertz CT molecular complexity index is 850. The Hall–Kier alpha value is -2.11. The Labute approximate surface area is 157 Å². The van der Waals surface area contributed by atoms with Crippen molar-refractivity contribution in [3.63, 3.8) is 0 Å². The number of esters is 1. The van der Waals surface area contributed by atoms with Gasteiger partial charge in [-0.05, 0) is 53.2 Å². The van der Waals surface area contributed by atoms with Crippen molar-refractivity contribution in [3.8, 4) is 6.07 Å². The molecule has 0 saturated heterocycles. The molecule has 2 aromatic heterocycles. The minimum absolute atomic E-state index is 0.264. The van der Waals surface area contributed by atoms with Gasteiger partial charge in [0.25, 0.3) is 5.91 Å². The van der Waals surface area contributed by atoms with Crippen LogP contribution in [0.1, 0.15) is 45.8 Å². The van der Waals surface area contributed by atoms with E-state index in [4.69, 9.17) is 4.74 Å². The summed E-state index contributed by atoms with van der Waals surface area (Å²) in [5.41, 5.74) is 1.88. The van der Waals surface area contributed by atoms with Gasteiger partial charge in [-0.3, -0.25) is 4.79 Å². The van der Waals surface area contributed by atoms with E-state index >= 15 is 0 Å². The molecule has 0 aromatic carbocycles. The van der Waals surface area contributed by atoms with Gasteiger partial charge in [-0.15, -0.1) is 11.3 Å². The number of carbonyl (C=O) groups excluding carboxylic acids is 2. The van der Waals surface area contributed by atoms with Crippen molar-refractivity contribution in [1.29, 1.82) is 5.26 Å². The van der Waals surface area contributed by atoms with Crippen LogP contribution in [0, 0.1) is 11.3 Å². The lowest BCUT2D eigenvalue weighted by Gasteiger charge is -2.05. The van der Waals surface area contributed by atoms with E-state index in [0.717, 1.165) is 35.7 Å². The molecule has 1 amide bonds. The average Bonchev–Trinajstić information content (AvgIpc) is 3.08. The number of anilines is 1. The number of ether oxygens (including phenoxy) is 1. The molecule has 0 aliphatic heterocycles. The molecule has 25 heavy (non-hydrogen) atoms. The lowest BCUT2D eigenvalue weighted by molar-refractivity contribution is -0.119. The fraction of sp³-hybridized carbons (Fsp3) is 0.353. The van der Waals surface area contributed by atoms with Gasteiger partial charge in [-0.1, -0.05) is 6.42 Å². The lowest BCUT2D eigenvalue weighted by atomic mass is 10.1. The van der Waals surface area contributed by atoms with Crippen LogP contribution in [-0.2, 0) is 22.4 Å². The Balaban J connectivity index is 1.63. The van der Waals surface area contributed by atoms with Crippen molar-refractivity contribution in [3.05, 3.63) is 38.4 Å². The van der Waals surface area contributed by atoms with Crippen LogP contribution in [-0.4, -0.2) is 23.5 Å². The molecule has 0 spiro atoms. The summed E-state index contributed by atoms with van der Waals surface area (Å²) in [6.45, 7) is -0.400. The van der Waals surface area contributed by atoms with Crippen molar-refractivity contribution in [2.45, 2.75) is 32.1 Å². The Morgan fingerprint density at radius 3 is 2.88 bits per heavy atom. The molecule has 8 heteroatoms. The number of carbonyl (C=O) groups is 2. The first-order valence-corrected chi connectivity index (χ1v) is 9.55. The molecular formula is C17H16BrN3O3S. The average molecular weight is 422 g/mol. The first kappa shape index (κ1) is 17.7. The largest absolute Gasteiger partial charge is 0.451 e. The van der Waals surface area contributed by atoms with E-state index in [9.17, 15) is 14.9 Å². The van der Waals surface area contributed by atoms with Crippen LogP contribution in [0.4, 0.5) is 5.00 Å². The maximum absolute atomic E-state index is 12.1.